The summed E-state index contributed by atoms with van der Waals surface area (Å²) in [5, 5.41) is 28.3. The van der Waals surface area contributed by atoms with Gasteiger partial charge in [-0.15, -0.1) is 0 Å². The molecular formula is C12H15NO5S. The molecule has 0 saturated carbocycles. The average molecular weight is 285 g/mol. The second-order valence-corrected chi connectivity index (χ2v) is 5.17. The molecule has 1 heterocycles. The van der Waals surface area contributed by atoms with Crippen molar-refractivity contribution in [2.75, 3.05) is 5.75 Å². The summed E-state index contributed by atoms with van der Waals surface area (Å²) in [5.74, 6) is -0.817. The predicted octanol–water partition coefficient (Wildman–Crippen LogP) is 0.844. The highest BCUT2D eigenvalue weighted by atomic mass is 32.2. The zero-order valence-electron chi connectivity index (χ0n) is 10.3. The second-order valence-electron chi connectivity index (χ2n) is 3.89. The third kappa shape index (κ3) is 4.98. The van der Waals surface area contributed by atoms with Crippen LogP contribution in [-0.2, 0) is 4.79 Å². The molecule has 1 aromatic heterocycles. The van der Waals surface area contributed by atoms with Crippen molar-refractivity contribution < 1.29 is 24.9 Å². The number of thioether (sulfide) groups is 1. The molecule has 104 valence electrons. The van der Waals surface area contributed by atoms with Gasteiger partial charge in [-0.1, -0.05) is 17.8 Å². The Hall–Kier alpha value is -1.44. The lowest BCUT2D eigenvalue weighted by molar-refractivity contribution is -0.109. The third-order valence-corrected chi connectivity index (χ3v) is 3.22. The topological polar surface area (TPSA) is 108 Å². The summed E-state index contributed by atoms with van der Waals surface area (Å²) in [6.07, 6.45) is -2.15. The highest BCUT2D eigenvalue weighted by Crippen LogP contribution is 2.19. The molecule has 0 aliphatic heterocycles. The summed E-state index contributed by atoms with van der Waals surface area (Å²) < 4.78 is 0. The smallest absolute Gasteiger partial charge is 0.354 e. The first-order valence-electron chi connectivity index (χ1n) is 5.61. The van der Waals surface area contributed by atoms with E-state index in [1.54, 1.807) is 0 Å². The van der Waals surface area contributed by atoms with E-state index >= 15 is 0 Å². The van der Waals surface area contributed by atoms with Crippen molar-refractivity contribution in [1.82, 2.24) is 4.98 Å². The number of carboxylic acid groups (broad SMARTS) is 1. The lowest BCUT2D eigenvalue weighted by atomic mass is 10.1. The molecule has 19 heavy (non-hydrogen) atoms. The molecule has 2 unspecified atom stereocenters. The van der Waals surface area contributed by atoms with Crippen LogP contribution < -0.4 is 0 Å². The largest absolute Gasteiger partial charge is 0.477 e. The molecule has 1 aromatic rings. The van der Waals surface area contributed by atoms with E-state index in [1.165, 1.54) is 25.1 Å². The maximum absolute atomic E-state index is 10.7. The molecular weight excluding hydrogens is 270 g/mol. The number of hydrogen-bond donors (Lipinski definition) is 3. The van der Waals surface area contributed by atoms with Gasteiger partial charge in [0.25, 0.3) is 0 Å². The molecule has 0 radical (unpaired) electrons. The highest BCUT2D eigenvalue weighted by molar-refractivity contribution is 8.13. The molecule has 7 heteroatoms. The fraction of sp³-hybridized carbons (Fsp3) is 0.417. The molecule has 0 aromatic carbocycles. The van der Waals surface area contributed by atoms with Gasteiger partial charge in [0, 0.05) is 12.7 Å². The Kier molecular flexibility index (Phi) is 5.94. The lowest BCUT2D eigenvalue weighted by Crippen LogP contribution is -2.21. The Morgan fingerprint density at radius 1 is 1.37 bits per heavy atom. The Balaban J connectivity index is 2.65. The van der Waals surface area contributed by atoms with E-state index in [1.807, 2.05) is 0 Å². The van der Waals surface area contributed by atoms with Crippen LogP contribution in [0.15, 0.2) is 18.2 Å². The molecule has 2 atom stereocenters. The van der Waals surface area contributed by atoms with E-state index < -0.39 is 18.2 Å². The number of carbonyl (C=O) groups excluding carboxylic acids is 1. The van der Waals surface area contributed by atoms with Gasteiger partial charge in [0.1, 0.15) is 11.8 Å². The number of aliphatic hydroxyl groups excluding tert-OH is 2. The van der Waals surface area contributed by atoms with Gasteiger partial charge in [-0.25, -0.2) is 9.78 Å². The van der Waals surface area contributed by atoms with E-state index in [4.69, 9.17) is 5.11 Å². The number of aromatic carboxylic acids is 1. The van der Waals surface area contributed by atoms with Gasteiger partial charge in [-0.3, -0.25) is 4.79 Å². The Bertz CT molecular complexity index is 465. The first-order chi connectivity index (χ1) is 8.91. The van der Waals surface area contributed by atoms with E-state index in [9.17, 15) is 19.8 Å². The normalized spacial score (nSPS) is 13.8. The van der Waals surface area contributed by atoms with Gasteiger partial charge in [0.2, 0.25) is 0 Å². The van der Waals surface area contributed by atoms with Gasteiger partial charge < -0.3 is 15.3 Å². The molecule has 0 aliphatic rings. The van der Waals surface area contributed by atoms with Crippen molar-refractivity contribution in [2.24, 2.45) is 0 Å². The van der Waals surface area contributed by atoms with Crippen LogP contribution in [0.1, 0.15) is 35.6 Å². The quantitative estimate of drug-likeness (QED) is 0.711. The minimum atomic E-state index is -1.27. The van der Waals surface area contributed by atoms with E-state index in [0.717, 1.165) is 11.8 Å². The summed E-state index contributed by atoms with van der Waals surface area (Å²) in [6, 6.07) is 4.20. The number of aliphatic hydroxyl groups is 2. The minimum absolute atomic E-state index is 0.0623. The number of nitrogens with zero attached hydrogens (tertiary/aromatic N) is 1. The monoisotopic (exact) mass is 285 g/mol. The molecule has 0 bridgehead atoms. The van der Waals surface area contributed by atoms with Crippen molar-refractivity contribution in [1.29, 1.82) is 0 Å². The number of carboxylic acids is 1. The van der Waals surface area contributed by atoms with Crippen LogP contribution in [0, 0.1) is 0 Å². The Morgan fingerprint density at radius 3 is 2.63 bits per heavy atom. The zero-order valence-corrected chi connectivity index (χ0v) is 11.1. The number of pyridine rings is 1. The van der Waals surface area contributed by atoms with Crippen LogP contribution in [0.25, 0.3) is 0 Å². The van der Waals surface area contributed by atoms with Crippen LogP contribution in [0.4, 0.5) is 0 Å². The summed E-state index contributed by atoms with van der Waals surface area (Å²) >= 11 is 1.06. The second kappa shape index (κ2) is 7.22. The summed E-state index contributed by atoms with van der Waals surface area (Å²) in [5.41, 5.74) is -0.0953. The predicted molar refractivity (Wildman–Crippen MR) is 69.9 cm³/mol. The molecule has 3 N–H and O–H groups in total. The molecule has 0 amide bonds. The molecule has 6 nitrogen and oxygen atoms in total. The summed E-state index contributed by atoms with van der Waals surface area (Å²) in [4.78, 5) is 25.2. The first-order valence-corrected chi connectivity index (χ1v) is 6.60. The fourth-order valence-electron chi connectivity index (χ4n) is 1.41. The highest BCUT2D eigenvalue weighted by Gasteiger charge is 2.20. The Morgan fingerprint density at radius 2 is 2.05 bits per heavy atom. The van der Waals surface area contributed by atoms with Crippen molar-refractivity contribution in [3.8, 4) is 0 Å². The number of rotatable bonds is 6. The molecule has 0 fully saturated rings. The third-order valence-electron chi connectivity index (χ3n) is 2.38. The van der Waals surface area contributed by atoms with E-state index in [2.05, 4.69) is 4.98 Å². The van der Waals surface area contributed by atoms with Crippen LogP contribution in [0.2, 0.25) is 0 Å². The van der Waals surface area contributed by atoms with Gasteiger partial charge >= 0.3 is 5.97 Å². The van der Waals surface area contributed by atoms with Gasteiger partial charge in [-0.2, -0.15) is 0 Å². The lowest BCUT2D eigenvalue weighted by Gasteiger charge is -2.17. The average Bonchev–Trinajstić information content (AvgIpc) is 2.37. The summed E-state index contributed by atoms with van der Waals surface area (Å²) in [7, 11) is 0. The van der Waals surface area contributed by atoms with Crippen molar-refractivity contribution in [3.05, 3.63) is 29.6 Å². The molecule has 0 spiro atoms. The molecule has 0 aliphatic carbocycles. The fourth-order valence-corrected chi connectivity index (χ4v) is 2.06. The molecule has 1 rings (SSSR count). The van der Waals surface area contributed by atoms with Crippen molar-refractivity contribution >= 4 is 22.8 Å². The molecule has 0 saturated heterocycles. The SMILES string of the molecule is CC(=O)SCCC(O)C(O)c1cccc(C(=O)O)n1. The van der Waals surface area contributed by atoms with Crippen LogP contribution >= 0.6 is 11.8 Å². The van der Waals surface area contributed by atoms with Gasteiger partial charge in [-0.05, 0) is 18.6 Å². The minimum Gasteiger partial charge on any atom is -0.477 e. The Labute approximate surface area is 114 Å². The van der Waals surface area contributed by atoms with Crippen LogP contribution in [-0.4, -0.2) is 43.2 Å². The van der Waals surface area contributed by atoms with Crippen molar-refractivity contribution in [2.45, 2.75) is 25.6 Å². The van der Waals surface area contributed by atoms with E-state index in [-0.39, 0.29) is 22.9 Å². The van der Waals surface area contributed by atoms with Gasteiger partial charge in [0.15, 0.2) is 5.12 Å². The zero-order chi connectivity index (χ0) is 14.4. The van der Waals surface area contributed by atoms with Crippen LogP contribution in [0.5, 0.6) is 0 Å². The maximum Gasteiger partial charge on any atom is 0.354 e. The van der Waals surface area contributed by atoms with Gasteiger partial charge in [0.05, 0.1) is 11.8 Å². The van der Waals surface area contributed by atoms with Crippen molar-refractivity contribution in [3.63, 3.8) is 0 Å². The number of aromatic nitrogens is 1. The summed E-state index contributed by atoms with van der Waals surface area (Å²) in [6.45, 7) is 1.42. The first kappa shape index (κ1) is 15.6. The maximum atomic E-state index is 10.7. The standard InChI is InChI=1S/C12H15NO5S/c1-7(14)19-6-5-10(15)11(16)8-3-2-4-9(13-8)12(17)18/h2-4,10-11,15-16H,5-6H2,1H3,(H,17,18). The number of hydrogen-bond acceptors (Lipinski definition) is 6. The number of carbonyl (C=O) groups is 2. The van der Waals surface area contributed by atoms with Crippen LogP contribution in [0.3, 0.4) is 0 Å². The van der Waals surface area contributed by atoms with E-state index in [0.29, 0.717) is 5.75 Å².